The molecule has 1 fully saturated rings. The molecule has 1 aliphatic heterocycles. The van der Waals surface area contributed by atoms with Gasteiger partial charge < -0.3 is 10.2 Å². The summed E-state index contributed by atoms with van der Waals surface area (Å²) in [5, 5.41) is 3.38. The molecule has 0 aliphatic carbocycles. The normalized spacial score (nSPS) is 19.0. The highest BCUT2D eigenvalue weighted by Crippen LogP contribution is 2.30. The van der Waals surface area contributed by atoms with Crippen LogP contribution in [0.4, 0.5) is 10.1 Å². The number of anilines is 1. The zero-order valence-corrected chi connectivity index (χ0v) is 10.7. The number of halogens is 1. The maximum absolute atomic E-state index is 13.2. The Morgan fingerprint density at radius 1 is 1.35 bits per heavy atom. The van der Waals surface area contributed by atoms with Crippen molar-refractivity contribution in [2.75, 3.05) is 31.6 Å². The van der Waals surface area contributed by atoms with Crippen molar-refractivity contribution in [2.24, 2.45) is 5.41 Å². The highest BCUT2D eigenvalue weighted by molar-refractivity contribution is 5.45. The molecule has 1 aromatic carbocycles. The van der Waals surface area contributed by atoms with Crippen molar-refractivity contribution in [1.29, 1.82) is 0 Å². The minimum atomic E-state index is -0.162. The summed E-state index contributed by atoms with van der Waals surface area (Å²) < 4.78 is 13.2. The van der Waals surface area contributed by atoms with E-state index in [-0.39, 0.29) is 5.82 Å². The van der Waals surface area contributed by atoms with E-state index in [0.29, 0.717) is 5.41 Å². The first-order valence-electron chi connectivity index (χ1n) is 6.27. The molecule has 2 nitrogen and oxygen atoms in total. The summed E-state index contributed by atoms with van der Waals surface area (Å²) in [6.07, 6.45) is 2.37. The van der Waals surface area contributed by atoms with Gasteiger partial charge in [0.1, 0.15) is 5.82 Å². The molecule has 94 valence electrons. The Balaban J connectivity index is 2.03. The summed E-state index contributed by atoms with van der Waals surface area (Å²) in [5.74, 6) is -0.162. The van der Waals surface area contributed by atoms with Gasteiger partial charge in [-0.2, -0.15) is 0 Å². The molecule has 0 spiro atoms. The first-order chi connectivity index (χ1) is 8.09. The number of hydrogen-bond donors (Lipinski definition) is 1. The summed E-state index contributed by atoms with van der Waals surface area (Å²) in [4.78, 5) is 2.16. The van der Waals surface area contributed by atoms with Crippen molar-refractivity contribution in [3.05, 3.63) is 30.1 Å². The van der Waals surface area contributed by atoms with Crippen LogP contribution in [0.3, 0.4) is 0 Å². The van der Waals surface area contributed by atoms with Gasteiger partial charge in [0, 0.05) is 19.3 Å². The Labute approximate surface area is 103 Å². The van der Waals surface area contributed by atoms with Crippen molar-refractivity contribution < 1.29 is 4.39 Å². The number of nitrogens with zero attached hydrogens (tertiary/aromatic N) is 1. The van der Waals surface area contributed by atoms with Crippen molar-refractivity contribution in [3.63, 3.8) is 0 Å². The van der Waals surface area contributed by atoms with Gasteiger partial charge >= 0.3 is 0 Å². The molecule has 3 heteroatoms. The van der Waals surface area contributed by atoms with Gasteiger partial charge in [-0.1, -0.05) is 13.0 Å². The van der Waals surface area contributed by atoms with Crippen LogP contribution in [0.2, 0.25) is 0 Å². The van der Waals surface area contributed by atoms with E-state index < -0.39 is 0 Å². The van der Waals surface area contributed by atoms with Crippen LogP contribution in [0.5, 0.6) is 0 Å². The third-order valence-electron chi connectivity index (χ3n) is 3.68. The SMILES string of the molecule is CN(CC1(C)CCNCC1)c1cccc(F)c1. The van der Waals surface area contributed by atoms with Crippen molar-refractivity contribution in [3.8, 4) is 0 Å². The van der Waals surface area contributed by atoms with Gasteiger partial charge in [-0.05, 0) is 49.5 Å². The third kappa shape index (κ3) is 3.19. The quantitative estimate of drug-likeness (QED) is 0.868. The fourth-order valence-corrected chi connectivity index (χ4v) is 2.57. The van der Waals surface area contributed by atoms with Crippen molar-refractivity contribution >= 4 is 5.69 Å². The lowest BCUT2D eigenvalue weighted by molar-refractivity contribution is 0.237. The maximum Gasteiger partial charge on any atom is 0.125 e. The van der Waals surface area contributed by atoms with E-state index in [1.807, 2.05) is 13.1 Å². The minimum absolute atomic E-state index is 0.162. The molecular formula is C14H21FN2. The van der Waals surface area contributed by atoms with Crippen LogP contribution >= 0.6 is 0 Å². The predicted molar refractivity (Wildman–Crippen MR) is 69.9 cm³/mol. The van der Waals surface area contributed by atoms with Crippen LogP contribution in [0.25, 0.3) is 0 Å². The van der Waals surface area contributed by atoms with Crippen molar-refractivity contribution in [1.82, 2.24) is 5.32 Å². The van der Waals surface area contributed by atoms with E-state index in [2.05, 4.69) is 17.1 Å². The zero-order valence-electron chi connectivity index (χ0n) is 10.7. The second kappa shape index (κ2) is 5.05. The highest BCUT2D eigenvalue weighted by Gasteiger charge is 2.28. The molecule has 0 bridgehead atoms. The lowest BCUT2D eigenvalue weighted by Gasteiger charge is -2.38. The van der Waals surface area contributed by atoms with Crippen LogP contribution in [0.15, 0.2) is 24.3 Å². The minimum Gasteiger partial charge on any atom is -0.374 e. The largest absolute Gasteiger partial charge is 0.374 e. The number of rotatable bonds is 3. The summed E-state index contributed by atoms with van der Waals surface area (Å²) in [6.45, 7) is 5.49. The first kappa shape index (κ1) is 12.4. The van der Waals surface area contributed by atoms with E-state index in [1.165, 1.54) is 18.9 Å². The van der Waals surface area contributed by atoms with Crippen LogP contribution in [0.1, 0.15) is 19.8 Å². The van der Waals surface area contributed by atoms with Crippen LogP contribution in [0, 0.1) is 11.2 Å². The van der Waals surface area contributed by atoms with Gasteiger partial charge in [0.2, 0.25) is 0 Å². The number of benzene rings is 1. The molecule has 0 saturated carbocycles. The fraction of sp³-hybridized carbons (Fsp3) is 0.571. The van der Waals surface area contributed by atoms with E-state index >= 15 is 0 Å². The number of nitrogens with one attached hydrogen (secondary N) is 1. The predicted octanol–water partition coefficient (Wildman–Crippen LogP) is 2.65. The third-order valence-corrected chi connectivity index (χ3v) is 3.68. The van der Waals surface area contributed by atoms with Gasteiger partial charge in [-0.25, -0.2) is 4.39 Å². The van der Waals surface area contributed by atoms with E-state index in [9.17, 15) is 4.39 Å². The Morgan fingerprint density at radius 3 is 2.71 bits per heavy atom. The number of piperidine rings is 1. The molecular weight excluding hydrogens is 215 g/mol. The van der Waals surface area contributed by atoms with Gasteiger partial charge in [-0.15, -0.1) is 0 Å². The molecule has 0 atom stereocenters. The van der Waals surface area contributed by atoms with Crippen LogP contribution in [-0.4, -0.2) is 26.7 Å². The highest BCUT2D eigenvalue weighted by atomic mass is 19.1. The molecule has 17 heavy (non-hydrogen) atoms. The van der Waals surface area contributed by atoms with Crippen LogP contribution < -0.4 is 10.2 Å². The monoisotopic (exact) mass is 236 g/mol. The van der Waals surface area contributed by atoms with E-state index in [4.69, 9.17) is 0 Å². The van der Waals surface area contributed by atoms with Crippen molar-refractivity contribution in [2.45, 2.75) is 19.8 Å². The molecule has 1 N–H and O–H groups in total. The Morgan fingerprint density at radius 2 is 2.06 bits per heavy atom. The number of hydrogen-bond acceptors (Lipinski definition) is 2. The Bertz CT molecular complexity index is 372. The first-order valence-corrected chi connectivity index (χ1v) is 6.27. The molecule has 0 amide bonds. The average molecular weight is 236 g/mol. The Hall–Kier alpha value is -1.09. The topological polar surface area (TPSA) is 15.3 Å². The molecule has 1 heterocycles. The Kier molecular flexibility index (Phi) is 3.67. The van der Waals surface area contributed by atoms with Gasteiger partial charge in [-0.3, -0.25) is 0 Å². The second-order valence-corrected chi connectivity index (χ2v) is 5.40. The van der Waals surface area contributed by atoms with Gasteiger partial charge in [0.15, 0.2) is 0 Å². The fourth-order valence-electron chi connectivity index (χ4n) is 2.57. The molecule has 2 rings (SSSR count). The summed E-state index contributed by atoms with van der Waals surface area (Å²) in [6, 6.07) is 6.83. The maximum atomic E-state index is 13.2. The van der Waals surface area contributed by atoms with Gasteiger partial charge in [0.05, 0.1) is 0 Å². The lowest BCUT2D eigenvalue weighted by Crippen LogP contribution is -2.42. The average Bonchev–Trinajstić information content (AvgIpc) is 2.29. The zero-order chi connectivity index (χ0) is 12.3. The standard InChI is InChI=1S/C14H21FN2/c1-14(6-8-16-9-7-14)11-17(2)13-5-3-4-12(15)10-13/h3-5,10,16H,6-9,11H2,1-2H3. The van der Waals surface area contributed by atoms with E-state index in [1.54, 1.807) is 12.1 Å². The summed E-state index contributed by atoms with van der Waals surface area (Å²) >= 11 is 0. The second-order valence-electron chi connectivity index (χ2n) is 5.40. The molecule has 0 radical (unpaired) electrons. The smallest absolute Gasteiger partial charge is 0.125 e. The molecule has 1 aromatic rings. The summed E-state index contributed by atoms with van der Waals surface area (Å²) in [5.41, 5.74) is 1.30. The summed E-state index contributed by atoms with van der Waals surface area (Å²) in [7, 11) is 2.04. The van der Waals surface area contributed by atoms with E-state index in [0.717, 1.165) is 25.3 Å². The van der Waals surface area contributed by atoms with Gasteiger partial charge in [0.25, 0.3) is 0 Å². The lowest BCUT2D eigenvalue weighted by atomic mass is 9.80. The molecule has 1 saturated heterocycles. The molecule has 0 unspecified atom stereocenters. The van der Waals surface area contributed by atoms with Crippen LogP contribution in [-0.2, 0) is 0 Å². The molecule has 0 aromatic heterocycles. The molecule has 1 aliphatic rings.